The van der Waals surface area contributed by atoms with E-state index in [1.807, 2.05) is 24.3 Å². The molecular weight excluding hydrogens is 449 g/mol. The maximum Gasteiger partial charge on any atom is 0.234 e. The number of thioether (sulfide) groups is 1. The Bertz CT molecular complexity index is 1210. The van der Waals surface area contributed by atoms with E-state index in [9.17, 15) is 9.18 Å². The molecular formula is C24H19ClFN3O2S. The van der Waals surface area contributed by atoms with Gasteiger partial charge in [-0.1, -0.05) is 35.9 Å². The van der Waals surface area contributed by atoms with Crippen LogP contribution in [0.25, 0.3) is 0 Å². The van der Waals surface area contributed by atoms with Crippen LogP contribution in [0.2, 0.25) is 5.02 Å². The zero-order valence-electron chi connectivity index (χ0n) is 17.1. The summed E-state index contributed by atoms with van der Waals surface area (Å²) in [7, 11) is 1.53. The quantitative estimate of drug-likeness (QED) is 0.471. The van der Waals surface area contributed by atoms with Gasteiger partial charge < -0.3 is 10.1 Å². The molecule has 0 saturated carbocycles. The minimum atomic E-state index is -0.306. The van der Waals surface area contributed by atoms with Crippen LogP contribution in [0.5, 0.6) is 5.75 Å². The van der Waals surface area contributed by atoms with Crippen molar-refractivity contribution in [3.8, 4) is 5.75 Å². The largest absolute Gasteiger partial charge is 0.495 e. The first-order chi connectivity index (χ1) is 15.5. The molecule has 0 unspecified atom stereocenters. The number of para-hydroxylation sites is 2. The van der Waals surface area contributed by atoms with Crippen molar-refractivity contribution in [3.63, 3.8) is 0 Å². The average molecular weight is 468 g/mol. The van der Waals surface area contributed by atoms with E-state index < -0.39 is 0 Å². The fourth-order valence-electron chi connectivity index (χ4n) is 3.16. The van der Waals surface area contributed by atoms with E-state index in [0.717, 1.165) is 27.7 Å². The van der Waals surface area contributed by atoms with Crippen LogP contribution in [-0.4, -0.2) is 29.5 Å². The van der Waals surface area contributed by atoms with Crippen LogP contribution < -0.4 is 10.1 Å². The van der Waals surface area contributed by atoms with Crippen LogP contribution in [0.1, 0.15) is 12.0 Å². The van der Waals surface area contributed by atoms with Crippen molar-refractivity contribution in [1.29, 1.82) is 0 Å². The Balaban J connectivity index is 1.52. The van der Waals surface area contributed by atoms with E-state index in [-0.39, 0.29) is 17.5 Å². The number of rotatable bonds is 5. The highest BCUT2D eigenvalue weighted by Crippen LogP contribution is 2.33. The fraction of sp³-hybridized carbons (Fsp3) is 0.125. The summed E-state index contributed by atoms with van der Waals surface area (Å²) in [6.07, 6.45) is 0.429. The third-order valence-electron chi connectivity index (χ3n) is 4.68. The highest BCUT2D eigenvalue weighted by molar-refractivity contribution is 8.14. The summed E-state index contributed by atoms with van der Waals surface area (Å²) in [5.41, 5.74) is 3.54. The van der Waals surface area contributed by atoms with Crippen LogP contribution in [0, 0.1) is 5.82 Å². The highest BCUT2D eigenvalue weighted by atomic mass is 35.5. The number of hydrogen-bond acceptors (Lipinski definition) is 5. The molecule has 0 bridgehead atoms. The standard InChI is InChI=1S/C24H19ClFN3O2S/c1-31-22-11-8-16(25)12-21(22)28-23(30)14-32-24-13-20(15-6-9-17(26)10-7-15)27-18-4-2-3-5-19(18)29-24/h2-12H,13-14H2,1H3,(H,28,30). The number of amides is 1. The van der Waals surface area contributed by atoms with Gasteiger partial charge in [-0.2, -0.15) is 0 Å². The first-order valence-corrected chi connectivity index (χ1v) is 11.1. The number of nitrogens with one attached hydrogen (secondary N) is 1. The second-order valence-corrected chi connectivity index (χ2v) is 8.40. The lowest BCUT2D eigenvalue weighted by Crippen LogP contribution is -2.16. The second kappa shape index (κ2) is 9.97. The smallest absolute Gasteiger partial charge is 0.234 e. The number of methoxy groups -OCH3 is 1. The van der Waals surface area contributed by atoms with Gasteiger partial charge in [0.2, 0.25) is 5.91 Å². The van der Waals surface area contributed by atoms with Crippen LogP contribution >= 0.6 is 23.4 Å². The lowest BCUT2D eigenvalue weighted by atomic mass is 10.1. The molecule has 0 aromatic heterocycles. The normalized spacial score (nSPS) is 12.8. The fourth-order valence-corrected chi connectivity index (χ4v) is 4.10. The van der Waals surface area contributed by atoms with Crippen LogP contribution in [-0.2, 0) is 4.79 Å². The summed E-state index contributed by atoms with van der Waals surface area (Å²) < 4.78 is 18.7. The van der Waals surface area contributed by atoms with Crippen molar-refractivity contribution in [2.24, 2.45) is 9.98 Å². The summed E-state index contributed by atoms with van der Waals surface area (Å²) in [6, 6.07) is 18.8. The molecule has 1 amide bonds. The SMILES string of the molecule is COc1ccc(Cl)cc1NC(=O)CSC1=Nc2ccccc2N=C(c2ccc(F)cc2)C1. The van der Waals surface area contributed by atoms with Gasteiger partial charge in [0.05, 0.1) is 40.7 Å². The topological polar surface area (TPSA) is 63.0 Å². The Hall–Kier alpha value is -3.16. The molecule has 4 rings (SSSR count). The predicted octanol–water partition coefficient (Wildman–Crippen LogP) is 6.41. The number of fused-ring (bicyclic) bond motifs is 1. The number of anilines is 1. The minimum Gasteiger partial charge on any atom is -0.495 e. The summed E-state index contributed by atoms with van der Waals surface area (Å²) in [6.45, 7) is 0. The van der Waals surface area contributed by atoms with E-state index in [2.05, 4.69) is 5.32 Å². The molecule has 0 aliphatic carbocycles. The number of nitrogens with zero attached hydrogens (tertiary/aromatic N) is 2. The first kappa shape index (κ1) is 22.0. The molecule has 8 heteroatoms. The van der Waals surface area contributed by atoms with Gasteiger partial charge in [0, 0.05) is 11.4 Å². The van der Waals surface area contributed by atoms with Gasteiger partial charge in [-0.3, -0.25) is 9.79 Å². The number of carbonyl (C=O) groups is 1. The van der Waals surface area contributed by atoms with E-state index in [4.69, 9.17) is 26.3 Å². The molecule has 1 aliphatic rings. The maximum absolute atomic E-state index is 13.4. The monoisotopic (exact) mass is 467 g/mol. The van der Waals surface area contributed by atoms with Gasteiger partial charge in [-0.25, -0.2) is 9.38 Å². The van der Waals surface area contributed by atoms with Crippen molar-refractivity contribution >= 4 is 57.1 Å². The summed E-state index contributed by atoms with van der Waals surface area (Å²) in [4.78, 5) is 22.1. The Morgan fingerprint density at radius 3 is 2.53 bits per heavy atom. The third kappa shape index (κ3) is 5.36. The number of aliphatic imine (C=N–C) groups is 2. The molecule has 1 heterocycles. The number of benzene rings is 3. The van der Waals surface area contributed by atoms with Gasteiger partial charge >= 0.3 is 0 Å². The Morgan fingerprint density at radius 2 is 1.81 bits per heavy atom. The Kier molecular flexibility index (Phi) is 6.87. The zero-order chi connectivity index (χ0) is 22.5. The molecule has 0 spiro atoms. The van der Waals surface area contributed by atoms with Crippen molar-refractivity contribution in [1.82, 2.24) is 0 Å². The summed E-state index contributed by atoms with van der Waals surface area (Å²) >= 11 is 7.37. The predicted molar refractivity (Wildman–Crippen MR) is 130 cm³/mol. The first-order valence-electron chi connectivity index (χ1n) is 9.78. The molecule has 0 saturated heterocycles. The van der Waals surface area contributed by atoms with E-state index in [1.54, 1.807) is 30.3 Å². The lowest BCUT2D eigenvalue weighted by Gasteiger charge is -2.11. The molecule has 0 atom stereocenters. The van der Waals surface area contributed by atoms with Crippen LogP contribution in [0.4, 0.5) is 21.5 Å². The number of hydrogen-bond donors (Lipinski definition) is 1. The minimum absolute atomic E-state index is 0.146. The molecule has 1 N–H and O–H groups in total. The lowest BCUT2D eigenvalue weighted by molar-refractivity contribution is -0.113. The van der Waals surface area contributed by atoms with Gasteiger partial charge in [0.25, 0.3) is 0 Å². The van der Waals surface area contributed by atoms with Crippen molar-refractivity contribution < 1.29 is 13.9 Å². The van der Waals surface area contributed by atoms with Gasteiger partial charge in [-0.05, 0) is 48.0 Å². The van der Waals surface area contributed by atoms with Crippen molar-refractivity contribution in [3.05, 3.63) is 83.1 Å². The molecule has 5 nitrogen and oxygen atoms in total. The van der Waals surface area contributed by atoms with Crippen LogP contribution in [0.3, 0.4) is 0 Å². The Labute approximate surface area is 194 Å². The molecule has 3 aromatic rings. The average Bonchev–Trinajstić information content (AvgIpc) is 2.98. The van der Waals surface area contributed by atoms with Gasteiger partial charge in [0.15, 0.2) is 0 Å². The number of ether oxygens (including phenoxy) is 1. The molecule has 0 fully saturated rings. The molecule has 3 aromatic carbocycles. The third-order valence-corrected chi connectivity index (χ3v) is 5.89. The molecule has 1 aliphatic heterocycles. The highest BCUT2D eigenvalue weighted by Gasteiger charge is 2.17. The molecule has 0 radical (unpaired) electrons. The maximum atomic E-state index is 13.4. The zero-order valence-corrected chi connectivity index (χ0v) is 18.7. The van der Waals surface area contributed by atoms with E-state index >= 15 is 0 Å². The summed E-state index contributed by atoms with van der Waals surface area (Å²) in [5.74, 6) is 0.155. The summed E-state index contributed by atoms with van der Waals surface area (Å²) in [5, 5.41) is 4.07. The van der Waals surface area contributed by atoms with E-state index in [1.165, 1.54) is 31.0 Å². The van der Waals surface area contributed by atoms with Crippen molar-refractivity contribution in [2.45, 2.75) is 6.42 Å². The van der Waals surface area contributed by atoms with Gasteiger partial charge in [-0.15, -0.1) is 11.8 Å². The Morgan fingerprint density at radius 1 is 1.09 bits per heavy atom. The van der Waals surface area contributed by atoms with E-state index in [0.29, 0.717) is 22.9 Å². The number of halogens is 2. The molecule has 162 valence electrons. The van der Waals surface area contributed by atoms with Crippen LogP contribution in [0.15, 0.2) is 76.7 Å². The van der Waals surface area contributed by atoms with Crippen molar-refractivity contribution in [2.75, 3.05) is 18.2 Å². The molecule has 32 heavy (non-hydrogen) atoms. The number of carbonyl (C=O) groups excluding carboxylic acids is 1. The van der Waals surface area contributed by atoms with Gasteiger partial charge in [0.1, 0.15) is 11.6 Å². The second-order valence-electron chi connectivity index (χ2n) is 6.92.